The van der Waals surface area contributed by atoms with Crippen molar-refractivity contribution in [2.45, 2.75) is 38.5 Å². The molecule has 7 nitrogen and oxygen atoms in total. The monoisotopic (exact) mass is 458 g/mol. The number of carbonyl (C=O) groups is 1. The molecule has 31 heavy (non-hydrogen) atoms. The van der Waals surface area contributed by atoms with Crippen LogP contribution in [0.25, 0.3) is 10.6 Å². The summed E-state index contributed by atoms with van der Waals surface area (Å²) in [4.78, 5) is 12.8. The molecule has 0 aliphatic heterocycles. The number of hydrogen-bond donors (Lipinski definition) is 1. The van der Waals surface area contributed by atoms with Gasteiger partial charge in [-0.2, -0.15) is 4.31 Å². The van der Waals surface area contributed by atoms with Gasteiger partial charge in [0.25, 0.3) is 5.91 Å². The maximum atomic E-state index is 12.9. The van der Waals surface area contributed by atoms with Gasteiger partial charge >= 0.3 is 0 Å². The zero-order chi connectivity index (χ0) is 22.4. The van der Waals surface area contributed by atoms with Crippen molar-refractivity contribution in [3.8, 4) is 10.6 Å². The van der Waals surface area contributed by atoms with Gasteiger partial charge in [-0.25, -0.2) is 8.42 Å². The molecule has 1 N–H and O–H groups in total. The molecule has 1 amide bonds. The Morgan fingerprint density at radius 1 is 0.968 bits per heavy atom. The number of carbonyl (C=O) groups excluding carboxylic acids is 1. The highest BCUT2D eigenvalue weighted by Crippen LogP contribution is 2.27. The molecule has 0 saturated carbocycles. The fraction of sp³-hybridized carbons (Fsp3) is 0.318. The second kappa shape index (κ2) is 10.1. The first-order chi connectivity index (χ1) is 14.8. The number of nitrogens with one attached hydrogen (secondary N) is 1. The summed E-state index contributed by atoms with van der Waals surface area (Å²) in [5, 5.41) is 12.0. The Hall–Kier alpha value is -2.62. The largest absolute Gasteiger partial charge is 0.296 e. The molecule has 164 valence electrons. The van der Waals surface area contributed by atoms with Crippen molar-refractivity contribution >= 4 is 32.4 Å². The number of benzene rings is 2. The molecule has 0 aliphatic carbocycles. The van der Waals surface area contributed by atoms with E-state index >= 15 is 0 Å². The lowest BCUT2D eigenvalue weighted by molar-refractivity contribution is 0.102. The van der Waals surface area contributed by atoms with Crippen LogP contribution in [0.5, 0.6) is 0 Å². The Kier molecular flexibility index (Phi) is 7.53. The number of amides is 1. The quantitative estimate of drug-likeness (QED) is 0.507. The molecule has 0 unspecified atom stereocenters. The van der Waals surface area contributed by atoms with E-state index in [0.717, 1.165) is 24.0 Å². The standard InChI is InChI=1S/C22H26N4O3S2/c1-4-14-26(15-5-2)31(28,29)19-12-10-17(11-13-19)20(27)23-22-25-24-21(30-22)18-8-6-16(3)7-9-18/h6-13H,4-5,14-15H2,1-3H3,(H,23,25,27). The number of nitrogens with zero attached hydrogens (tertiary/aromatic N) is 3. The van der Waals surface area contributed by atoms with Crippen molar-refractivity contribution in [1.29, 1.82) is 0 Å². The lowest BCUT2D eigenvalue weighted by Gasteiger charge is -2.21. The fourth-order valence-electron chi connectivity index (χ4n) is 3.03. The summed E-state index contributed by atoms with van der Waals surface area (Å²) in [6.07, 6.45) is 1.48. The minimum atomic E-state index is -3.58. The summed E-state index contributed by atoms with van der Waals surface area (Å²) in [7, 11) is -3.58. The second-order valence-electron chi connectivity index (χ2n) is 7.16. The van der Waals surface area contributed by atoms with Crippen molar-refractivity contribution in [3.05, 3.63) is 59.7 Å². The van der Waals surface area contributed by atoms with Crippen LogP contribution in [0.2, 0.25) is 0 Å². The van der Waals surface area contributed by atoms with Gasteiger partial charge in [0.2, 0.25) is 15.2 Å². The molecular formula is C22H26N4O3S2. The van der Waals surface area contributed by atoms with Crippen LogP contribution in [-0.2, 0) is 10.0 Å². The molecule has 3 rings (SSSR count). The fourth-order valence-corrected chi connectivity index (χ4v) is 5.40. The summed E-state index contributed by atoms with van der Waals surface area (Å²) in [6, 6.07) is 13.9. The van der Waals surface area contributed by atoms with Crippen molar-refractivity contribution in [3.63, 3.8) is 0 Å². The summed E-state index contributed by atoms with van der Waals surface area (Å²) < 4.78 is 27.2. The van der Waals surface area contributed by atoms with E-state index in [1.807, 2.05) is 45.0 Å². The zero-order valence-corrected chi connectivity index (χ0v) is 19.5. The molecule has 0 bridgehead atoms. The number of aromatic nitrogens is 2. The van der Waals surface area contributed by atoms with Crippen molar-refractivity contribution in [2.24, 2.45) is 0 Å². The van der Waals surface area contributed by atoms with E-state index in [-0.39, 0.29) is 10.8 Å². The molecule has 0 saturated heterocycles. The number of aryl methyl sites for hydroxylation is 1. The number of rotatable bonds is 9. The molecular weight excluding hydrogens is 432 g/mol. The predicted octanol–water partition coefficient (Wildman–Crippen LogP) is 4.58. The number of hydrogen-bond acceptors (Lipinski definition) is 6. The van der Waals surface area contributed by atoms with E-state index in [4.69, 9.17) is 0 Å². The summed E-state index contributed by atoms with van der Waals surface area (Å²) in [5.41, 5.74) is 2.44. The van der Waals surface area contributed by atoms with E-state index in [0.29, 0.717) is 28.8 Å². The van der Waals surface area contributed by atoms with Gasteiger partial charge in [-0.15, -0.1) is 10.2 Å². The van der Waals surface area contributed by atoms with Gasteiger partial charge in [0.1, 0.15) is 5.01 Å². The van der Waals surface area contributed by atoms with Gasteiger partial charge in [-0.05, 0) is 44.0 Å². The third-order valence-corrected chi connectivity index (χ3v) is 7.44. The lowest BCUT2D eigenvalue weighted by Crippen LogP contribution is -2.32. The number of anilines is 1. The first kappa shape index (κ1) is 23.1. The van der Waals surface area contributed by atoms with Gasteiger partial charge < -0.3 is 0 Å². The molecule has 0 atom stereocenters. The van der Waals surface area contributed by atoms with Crippen molar-refractivity contribution in [2.75, 3.05) is 18.4 Å². The Morgan fingerprint density at radius 2 is 1.58 bits per heavy atom. The highest BCUT2D eigenvalue weighted by Gasteiger charge is 2.23. The van der Waals surface area contributed by atoms with E-state index < -0.39 is 10.0 Å². The van der Waals surface area contributed by atoms with Gasteiger partial charge in [0.05, 0.1) is 4.90 Å². The maximum absolute atomic E-state index is 12.9. The normalized spacial score (nSPS) is 11.6. The van der Waals surface area contributed by atoms with E-state index in [1.54, 1.807) is 0 Å². The highest BCUT2D eigenvalue weighted by molar-refractivity contribution is 7.89. The molecule has 9 heteroatoms. The van der Waals surface area contributed by atoms with Crippen LogP contribution in [0.4, 0.5) is 5.13 Å². The molecule has 3 aromatic rings. The van der Waals surface area contributed by atoms with Crippen LogP contribution in [0.15, 0.2) is 53.4 Å². The molecule has 2 aromatic carbocycles. The smallest absolute Gasteiger partial charge is 0.257 e. The Morgan fingerprint density at radius 3 is 2.16 bits per heavy atom. The zero-order valence-electron chi connectivity index (χ0n) is 17.8. The summed E-state index contributed by atoms with van der Waals surface area (Å²) >= 11 is 1.28. The SMILES string of the molecule is CCCN(CCC)S(=O)(=O)c1ccc(C(=O)Nc2nnc(-c3ccc(C)cc3)s2)cc1. The third kappa shape index (κ3) is 5.55. The molecule has 0 aliphatic rings. The Labute approximate surface area is 187 Å². The topological polar surface area (TPSA) is 92.3 Å². The molecule has 0 fully saturated rings. The van der Waals surface area contributed by atoms with E-state index in [1.165, 1.54) is 39.9 Å². The van der Waals surface area contributed by atoms with Crippen molar-refractivity contribution in [1.82, 2.24) is 14.5 Å². The third-order valence-electron chi connectivity index (χ3n) is 4.64. The molecule has 0 spiro atoms. The van der Waals surface area contributed by atoms with Crippen LogP contribution < -0.4 is 5.32 Å². The van der Waals surface area contributed by atoms with E-state index in [2.05, 4.69) is 15.5 Å². The number of sulfonamides is 1. The Balaban J connectivity index is 1.71. The molecule has 0 radical (unpaired) electrons. The lowest BCUT2D eigenvalue weighted by atomic mass is 10.2. The minimum absolute atomic E-state index is 0.184. The first-order valence-electron chi connectivity index (χ1n) is 10.2. The van der Waals surface area contributed by atoms with Gasteiger partial charge in [0, 0.05) is 24.2 Å². The predicted molar refractivity (Wildman–Crippen MR) is 124 cm³/mol. The van der Waals surface area contributed by atoms with Gasteiger partial charge in [-0.3, -0.25) is 10.1 Å². The van der Waals surface area contributed by atoms with Crippen LogP contribution in [0, 0.1) is 6.92 Å². The molecule has 1 heterocycles. The van der Waals surface area contributed by atoms with Crippen LogP contribution in [0.3, 0.4) is 0 Å². The first-order valence-corrected chi connectivity index (χ1v) is 12.4. The maximum Gasteiger partial charge on any atom is 0.257 e. The summed E-state index contributed by atoms with van der Waals surface area (Å²) in [5.74, 6) is -0.366. The highest BCUT2D eigenvalue weighted by atomic mass is 32.2. The second-order valence-corrected chi connectivity index (χ2v) is 10.1. The van der Waals surface area contributed by atoms with Gasteiger partial charge in [-0.1, -0.05) is 55.0 Å². The van der Waals surface area contributed by atoms with Crippen LogP contribution in [-0.4, -0.2) is 41.9 Å². The minimum Gasteiger partial charge on any atom is -0.296 e. The molecule has 1 aromatic heterocycles. The Bertz CT molecular complexity index is 1120. The van der Waals surface area contributed by atoms with Crippen LogP contribution >= 0.6 is 11.3 Å². The van der Waals surface area contributed by atoms with Crippen molar-refractivity contribution < 1.29 is 13.2 Å². The van der Waals surface area contributed by atoms with Crippen LogP contribution in [0.1, 0.15) is 42.6 Å². The summed E-state index contributed by atoms with van der Waals surface area (Å²) in [6.45, 7) is 6.85. The average Bonchev–Trinajstić information content (AvgIpc) is 3.22. The van der Waals surface area contributed by atoms with E-state index in [9.17, 15) is 13.2 Å². The average molecular weight is 459 g/mol. The van der Waals surface area contributed by atoms with Gasteiger partial charge in [0.15, 0.2) is 0 Å².